The Bertz CT molecular complexity index is 909. The van der Waals surface area contributed by atoms with E-state index in [1.165, 1.54) is 27.7 Å². The molecule has 0 saturated carbocycles. The molecule has 0 amide bonds. The van der Waals surface area contributed by atoms with Crippen LogP contribution in [0.5, 0.6) is 0 Å². The second-order valence-corrected chi connectivity index (χ2v) is 6.81. The van der Waals surface area contributed by atoms with Crippen LogP contribution in [0.3, 0.4) is 0 Å². The van der Waals surface area contributed by atoms with Gasteiger partial charge < -0.3 is 4.90 Å². The van der Waals surface area contributed by atoms with E-state index < -0.39 is 0 Å². The van der Waals surface area contributed by atoms with Crippen molar-refractivity contribution in [2.24, 2.45) is 7.05 Å². The number of aromatic nitrogens is 1. The van der Waals surface area contributed by atoms with Crippen molar-refractivity contribution >= 4 is 34.6 Å². The van der Waals surface area contributed by atoms with E-state index in [1.54, 1.807) is 0 Å². The minimum atomic E-state index is 0.974. The van der Waals surface area contributed by atoms with Gasteiger partial charge in [0.25, 0.3) is 5.82 Å². The Balaban J connectivity index is 1.99. The van der Waals surface area contributed by atoms with Crippen LogP contribution in [0.4, 0.5) is 11.5 Å². The molecule has 0 atom stereocenters. The minimum Gasteiger partial charge on any atom is -0.378 e. The number of pyridine rings is 1. The zero-order chi connectivity index (χ0) is 18.5. The third kappa shape index (κ3) is 3.88. The molecule has 1 N–H and O–H groups in total. The molecule has 2 aromatic carbocycles. The van der Waals surface area contributed by atoms with Crippen LogP contribution in [0.15, 0.2) is 54.6 Å². The van der Waals surface area contributed by atoms with Gasteiger partial charge in [0.2, 0.25) is 0 Å². The summed E-state index contributed by atoms with van der Waals surface area (Å²) in [6.45, 7) is 3.16. The van der Waals surface area contributed by atoms with Crippen LogP contribution in [0, 0.1) is 0 Å². The van der Waals surface area contributed by atoms with Crippen molar-refractivity contribution in [3.63, 3.8) is 0 Å². The average Bonchev–Trinajstić information content (AvgIpc) is 2.67. The van der Waals surface area contributed by atoms with Crippen LogP contribution in [-0.4, -0.2) is 20.6 Å². The van der Waals surface area contributed by atoms with Crippen LogP contribution in [-0.2, 0) is 7.05 Å². The Morgan fingerprint density at radius 3 is 2.42 bits per heavy atom. The number of hydrogen-bond acceptors (Lipinski definition) is 2. The second-order valence-electron chi connectivity index (χ2n) is 6.81. The molecule has 3 nitrogen and oxygen atoms in total. The van der Waals surface area contributed by atoms with E-state index >= 15 is 0 Å². The van der Waals surface area contributed by atoms with Gasteiger partial charge in [0.05, 0.1) is 13.6 Å². The highest BCUT2D eigenvalue weighted by Crippen LogP contribution is 2.22. The van der Waals surface area contributed by atoms with Crippen molar-refractivity contribution < 1.29 is 4.57 Å². The summed E-state index contributed by atoms with van der Waals surface area (Å²) < 4.78 is 2.23. The van der Waals surface area contributed by atoms with Gasteiger partial charge in [0, 0.05) is 31.2 Å². The minimum absolute atomic E-state index is 0.974. The molecule has 0 saturated heterocycles. The largest absolute Gasteiger partial charge is 0.378 e. The van der Waals surface area contributed by atoms with E-state index in [-0.39, 0.29) is 0 Å². The number of benzene rings is 2. The Hall–Kier alpha value is -2.81. The molecule has 26 heavy (non-hydrogen) atoms. The highest BCUT2D eigenvalue weighted by atomic mass is 15.1. The van der Waals surface area contributed by atoms with Crippen molar-refractivity contribution in [1.82, 2.24) is 0 Å². The van der Waals surface area contributed by atoms with E-state index in [0.29, 0.717) is 0 Å². The smallest absolute Gasteiger partial charge is 0.275 e. The maximum Gasteiger partial charge on any atom is 0.275 e. The van der Waals surface area contributed by atoms with Crippen LogP contribution < -0.4 is 14.8 Å². The van der Waals surface area contributed by atoms with Crippen LogP contribution >= 0.6 is 0 Å². The monoisotopic (exact) mass is 346 g/mol. The fourth-order valence-corrected chi connectivity index (χ4v) is 3.09. The summed E-state index contributed by atoms with van der Waals surface area (Å²) in [4.78, 5) is 2.11. The number of aryl methyl sites for hydroxylation is 1. The van der Waals surface area contributed by atoms with Crippen molar-refractivity contribution in [3.05, 3.63) is 65.7 Å². The van der Waals surface area contributed by atoms with Crippen LogP contribution in [0.1, 0.15) is 24.5 Å². The maximum absolute atomic E-state index is 3.54. The first-order chi connectivity index (χ1) is 12.6. The van der Waals surface area contributed by atoms with Gasteiger partial charge in [-0.1, -0.05) is 49.4 Å². The normalized spacial score (nSPS) is 11.2. The molecule has 3 heteroatoms. The molecule has 3 aromatic rings. The number of para-hydroxylation sites is 1. The van der Waals surface area contributed by atoms with Crippen molar-refractivity contribution in [2.75, 3.05) is 30.9 Å². The summed E-state index contributed by atoms with van der Waals surface area (Å²) in [7, 11) is 6.24. The first-order valence-corrected chi connectivity index (χ1v) is 9.21. The van der Waals surface area contributed by atoms with Gasteiger partial charge in [0.1, 0.15) is 5.52 Å². The molecule has 3 rings (SSSR count). The second kappa shape index (κ2) is 8.05. The number of nitrogens with zero attached hydrogens (tertiary/aromatic N) is 2. The molecule has 0 spiro atoms. The SMILES string of the molecule is CCCNc1cc(/C=C/c2ccc(N(C)C)cc2)c2ccccc2[n+]1C. The van der Waals surface area contributed by atoms with Gasteiger partial charge in [-0.2, -0.15) is 0 Å². The summed E-state index contributed by atoms with van der Waals surface area (Å²) in [5.41, 5.74) is 4.88. The number of rotatable bonds is 6. The number of hydrogen-bond donors (Lipinski definition) is 1. The van der Waals surface area contributed by atoms with Crippen molar-refractivity contribution in [2.45, 2.75) is 13.3 Å². The lowest BCUT2D eigenvalue weighted by Gasteiger charge is -2.12. The molecule has 0 fully saturated rings. The highest BCUT2D eigenvalue weighted by Gasteiger charge is 2.12. The lowest BCUT2D eigenvalue weighted by molar-refractivity contribution is -0.630. The molecule has 0 aliphatic carbocycles. The highest BCUT2D eigenvalue weighted by molar-refractivity contribution is 5.90. The Morgan fingerprint density at radius 2 is 1.73 bits per heavy atom. The summed E-state index contributed by atoms with van der Waals surface area (Å²) in [6, 6.07) is 19.4. The first kappa shape index (κ1) is 18.0. The molecule has 134 valence electrons. The van der Waals surface area contributed by atoms with Gasteiger partial charge in [0.15, 0.2) is 0 Å². The predicted octanol–water partition coefficient (Wildman–Crippen LogP) is 4.72. The zero-order valence-electron chi connectivity index (χ0n) is 16.2. The number of anilines is 2. The Morgan fingerprint density at radius 1 is 1.00 bits per heavy atom. The summed E-state index contributed by atoms with van der Waals surface area (Å²) >= 11 is 0. The quantitative estimate of drug-likeness (QED) is 0.651. The molecule has 1 heterocycles. The summed E-state index contributed by atoms with van der Waals surface area (Å²) in [6.07, 6.45) is 5.51. The lowest BCUT2D eigenvalue weighted by Crippen LogP contribution is -2.34. The molecular weight excluding hydrogens is 318 g/mol. The molecular formula is C23H28N3+. The standard InChI is InChI=1S/C23H27N3/c1-5-16-24-23-17-19(21-8-6-7-9-22(21)26(23)4)13-10-18-11-14-20(15-12-18)25(2)3/h6-15,17H,5,16H2,1-4H3/p+1/b13-10+. The molecule has 0 radical (unpaired) electrons. The fraction of sp³-hybridized carbons (Fsp3) is 0.261. The van der Waals surface area contributed by atoms with Crippen molar-refractivity contribution in [3.8, 4) is 0 Å². The van der Waals surface area contributed by atoms with E-state index in [1.807, 2.05) is 0 Å². The van der Waals surface area contributed by atoms with Crippen molar-refractivity contribution in [1.29, 1.82) is 0 Å². The van der Waals surface area contributed by atoms with Crippen LogP contribution in [0.2, 0.25) is 0 Å². The van der Waals surface area contributed by atoms with E-state index in [2.05, 4.69) is 110 Å². The first-order valence-electron chi connectivity index (χ1n) is 9.21. The number of nitrogens with one attached hydrogen (secondary N) is 1. The molecule has 1 aromatic heterocycles. The van der Waals surface area contributed by atoms with Gasteiger partial charge >= 0.3 is 0 Å². The van der Waals surface area contributed by atoms with Gasteiger partial charge in [-0.15, -0.1) is 0 Å². The molecule has 0 aliphatic heterocycles. The Labute approximate surface area is 156 Å². The molecule has 0 unspecified atom stereocenters. The molecule has 0 aliphatic rings. The van der Waals surface area contributed by atoms with Gasteiger partial charge in [-0.05, 0) is 35.7 Å². The lowest BCUT2D eigenvalue weighted by atomic mass is 10.1. The van der Waals surface area contributed by atoms with E-state index in [9.17, 15) is 0 Å². The third-order valence-electron chi connectivity index (χ3n) is 4.65. The van der Waals surface area contributed by atoms with E-state index in [0.717, 1.165) is 18.8 Å². The predicted molar refractivity (Wildman–Crippen MR) is 114 cm³/mol. The Kier molecular flexibility index (Phi) is 5.57. The molecule has 0 bridgehead atoms. The topological polar surface area (TPSA) is 19.1 Å². The maximum atomic E-state index is 3.54. The van der Waals surface area contributed by atoms with E-state index in [4.69, 9.17) is 0 Å². The fourth-order valence-electron chi connectivity index (χ4n) is 3.09. The van der Waals surface area contributed by atoms with Gasteiger partial charge in [-0.3, -0.25) is 5.32 Å². The summed E-state index contributed by atoms with van der Waals surface area (Å²) in [5.74, 6) is 1.15. The third-order valence-corrected chi connectivity index (χ3v) is 4.65. The van der Waals surface area contributed by atoms with Crippen LogP contribution in [0.25, 0.3) is 23.1 Å². The zero-order valence-corrected chi connectivity index (χ0v) is 16.2. The van der Waals surface area contributed by atoms with Gasteiger partial charge in [-0.25, -0.2) is 4.57 Å². The summed E-state index contributed by atoms with van der Waals surface area (Å²) in [5, 5.41) is 4.80. The average molecular weight is 346 g/mol. The number of fused-ring (bicyclic) bond motifs is 1.